The van der Waals surface area contributed by atoms with Gasteiger partial charge in [0.1, 0.15) is 18.1 Å². The number of H-pyrrole nitrogens is 1. The average molecular weight is 599 g/mol. The zero-order chi connectivity index (χ0) is 30.8. The first kappa shape index (κ1) is 30.4. The van der Waals surface area contributed by atoms with E-state index in [-0.39, 0.29) is 35.2 Å². The second-order valence-corrected chi connectivity index (χ2v) is 16.3. The third kappa shape index (κ3) is 6.08. The lowest BCUT2D eigenvalue weighted by Crippen LogP contribution is -2.67. The van der Waals surface area contributed by atoms with Crippen LogP contribution in [0, 0.1) is 11.8 Å². The number of ether oxygens (including phenoxy) is 1. The van der Waals surface area contributed by atoms with Gasteiger partial charge in [0.15, 0.2) is 5.65 Å². The molecule has 43 heavy (non-hydrogen) atoms. The van der Waals surface area contributed by atoms with Crippen LogP contribution in [0.25, 0.3) is 11.0 Å². The predicted molar refractivity (Wildman–Crippen MR) is 170 cm³/mol. The van der Waals surface area contributed by atoms with Crippen LogP contribution < -0.4 is 21.7 Å². The number of nitrogens with two attached hydrogens (primary N) is 1. The molecule has 4 N–H and O–H groups in total. The number of aliphatic hydroxyl groups is 1. The minimum atomic E-state index is -2.84. The predicted octanol–water partition coefficient (Wildman–Crippen LogP) is 3.25. The van der Waals surface area contributed by atoms with Gasteiger partial charge in [0.2, 0.25) is 5.95 Å². The van der Waals surface area contributed by atoms with Gasteiger partial charge in [0.05, 0.1) is 23.7 Å². The number of aromatic amines is 1. The number of nitrogens with one attached hydrogen (secondary N) is 1. The number of hydrogen-bond acceptors (Lipinski definition) is 7. The first-order valence-corrected chi connectivity index (χ1v) is 16.4. The van der Waals surface area contributed by atoms with Crippen molar-refractivity contribution in [3.8, 4) is 11.8 Å². The van der Waals surface area contributed by atoms with Gasteiger partial charge in [-0.1, -0.05) is 93.3 Å². The zero-order valence-electron chi connectivity index (χ0n) is 25.0. The van der Waals surface area contributed by atoms with Gasteiger partial charge in [-0.2, -0.15) is 4.98 Å². The van der Waals surface area contributed by atoms with Crippen LogP contribution in [0.1, 0.15) is 58.7 Å². The molecular weight excluding hydrogens is 560 g/mol. The van der Waals surface area contributed by atoms with Crippen molar-refractivity contribution in [3.63, 3.8) is 0 Å². The van der Waals surface area contributed by atoms with Crippen molar-refractivity contribution in [1.82, 2.24) is 14.5 Å². The van der Waals surface area contributed by atoms with E-state index in [1.807, 2.05) is 36.4 Å². The Labute approximate surface area is 252 Å². The maximum absolute atomic E-state index is 12.9. The van der Waals surface area contributed by atoms with E-state index >= 15 is 0 Å². The van der Waals surface area contributed by atoms with Crippen molar-refractivity contribution in [2.24, 2.45) is 0 Å². The van der Waals surface area contributed by atoms with Crippen LogP contribution in [-0.4, -0.2) is 52.6 Å². The van der Waals surface area contributed by atoms with E-state index in [0.29, 0.717) is 24.1 Å². The Balaban J connectivity index is 1.46. The molecule has 0 saturated carbocycles. The molecule has 2 aromatic heterocycles. The highest BCUT2D eigenvalue weighted by Gasteiger charge is 2.51. The number of ketones is 1. The number of anilines is 1. The van der Waals surface area contributed by atoms with Gasteiger partial charge in [-0.05, 0) is 22.3 Å². The molecule has 1 saturated heterocycles. The summed E-state index contributed by atoms with van der Waals surface area (Å²) in [6.45, 7) is 8.30. The summed E-state index contributed by atoms with van der Waals surface area (Å²) in [5.41, 5.74) is 6.26. The number of carbonyl (C=O) groups excluding carboxylic acids is 1. The fourth-order valence-corrected chi connectivity index (χ4v) is 10.5. The van der Waals surface area contributed by atoms with Gasteiger partial charge in [-0.15, -0.1) is 0 Å². The van der Waals surface area contributed by atoms with Crippen LogP contribution in [-0.2, 0) is 14.0 Å². The number of hydrogen-bond donors (Lipinski definition) is 3. The molecule has 3 heterocycles. The summed E-state index contributed by atoms with van der Waals surface area (Å²) in [4.78, 5) is 31.1. The van der Waals surface area contributed by atoms with E-state index in [1.165, 1.54) is 6.92 Å². The molecule has 1 aliphatic heterocycles. The van der Waals surface area contributed by atoms with Crippen LogP contribution in [0.4, 0.5) is 5.95 Å². The van der Waals surface area contributed by atoms with Crippen LogP contribution in [0.3, 0.4) is 0 Å². The minimum Gasteiger partial charge on any atom is -0.405 e. The highest BCUT2D eigenvalue weighted by Crippen LogP contribution is 2.38. The lowest BCUT2D eigenvalue weighted by Gasteiger charge is -2.43. The maximum Gasteiger partial charge on any atom is 0.263 e. The maximum atomic E-state index is 12.9. The molecule has 1 fully saturated rings. The van der Waals surface area contributed by atoms with Gasteiger partial charge in [-0.25, -0.2) is 0 Å². The second kappa shape index (κ2) is 12.3. The fourth-order valence-electron chi connectivity index (χ4n) is 5.89. The van der Waals surface area contributed by atoms with Crippen molar-refractivity contribution < 1.29 is 19.1 Å². The Hall–Kier alpha value is -4.01. The smallest absolute Gasteiger partial charge is 0.263 e. The molecular formula is C33H38N4O5Si. The largest absolute Gasteiger partial charge is 0.405 e. The van der Waals surface area contributed by atoms with Crippen LogP contribution in [0.15, 0.2) is 71.7 Å². The van der Waals surface area contributed by atoms with Crippen molar-refractivity contribution in [2.75, 3.05) is 12.3 Å². The summed E-state index contributed by atoms with van der Waals surface area (Å²) >= 11 is 0. The molecule has 1 aliphatic rings. The Morgan fingerprint density at radius 3 is 2.37 bits per heavy atom. The molecule has 3 unspecified atom stereocenters. The first-order chi connectivity index (χ1) is 20.5. The van der Waals surface area contributed by atoms with E-state index in [9.17, 15) is 14.7 Å². The second-order valence-electron chi connectivity index (χ2n) is 12.0. The van der Waals surface area contributed by atoms with Gasteiger partial charge >= 0.3 is 0 Å². The highest BCUT2D eigenvalue weighted by atomic mass is 28.4. The number of nitrogens with zero attached hydrogens (tertiary/aromatic N) is 2. The normalized spacial score (nSPS) is 18.9. The number of aromatic nitrogens is 3. The molecule has 9 nitrogen and oxygen atoms in total. The number of nitrogen functional groups attached to an aromatic ring is 1. The van der Waals surface area contributed by atoms with E-state index in [4.69, 9.17) is 14.9 Å². The van der Waals surface area contributed by atoms with Crippen molar-refractivity contribution >= 4 is 41.5 Å². The Morgan fingerprint density at radius 2 is 1.79 bits per heavy atom. The molecule has 0 bridgehead atoms. The molecule has 2 aromatic carbocycles. The molecule has 0 amide bonds. The summed E-state index contributed by atoms with van der Waals surface area (Å²) in [6, 6.07) is 20.6. The molecule has 5 rings (SSSR count). The Kier molecular flexibility index (Phi) is 8.71. The summed E-state index contributed by atoms with van der Waals surface area (Å²) in [5.74, 6) is 5.99. The molecule has 0 aliphatic carbocycles. The van der Waals surface area contributed by atoms with E-state index in [0.717, 1.165) is 10.4 Å². The van der Waals surface area contributed by atoms with Crippen LogP contribution >= 0.6 is 0 Å². The third-order valence-corrected chi connectivity index (χ3v) is 12.9. The molecule has 4 aromatic rings. The standard InChI is InChI=1S/C33H38N4O5Si/c1-22(38)13-11-12-14-23-20-37(30-29(23)31(40)36-32(34)35-30)28-19-26(39)27(42-28)21-41-43(33(2,3)4,24-15-7-5-8-16-24)25-17-9-6-10-18-25/h5-10,15-18,20,26-28,39H,11,13,19,21H2,1-4H3,(H3,34,35,36,40). The quantitative estimate of drug-likeness (QED) is 0.210. The average Bonchev–Trinajstić information content (AvgIpc) is 3.51. The number of Topliss-reactive ketones (excluding diaryl/α,β-unsaturated/α-hetero) is 1. The number of fused-ring (bicyclic) bond motifs is 1. The number of aliphatic hydroxyl groups excluding tert-OH is 1. The van der Waals surface area contributed by atoms with Gasteiger partial charge in [0.25, 0.3) is 13.9 Å². The van der Waals surface area contributed by atoms with Gasteiger partial charge < -0.3 is 24.6 Å². The first-order valence-electron chi connectivity index (χ1n) is 14.5. The van der Waals surface area contributed by atoms with Crippen molar-refractivity contribution in [3.05, 3.63) is 82.8 Å². The van der Waals surface area contributed by atoms with Crippen LogP contribution in [0.2, 0.25) is 5.04 Å². The fraction of sp³-hybridized carbons (Fsp3) is 0.364. The zero-order valence-corrected chi connectivity index (χ0v) is 26.0. The summed E-state index contributed by atoms with van der Waals surface area (Å²) in [6.07, 6.45) is 0.631. The van der Waals surface area contributed by atoms with Gasteiger partial charge in [0, 0.05) is 25.5 Å². The molecule has 0 spiro atoms. The Bertz CT molecular complexity index is 1680. The minimum absolute atomic E-state index is 0.0296. The Morgan fingerprint density at radius 1 is 1.16 bits per heavy atom. The lowest BCUT2D eigenvalue weighted by atomic mass is 10.2. The van der Waals surface area contributed by atoms with Crippen molar-refractivity contribution in [1.29, 1.82) is 0 Å². The molecule has 224 valence electrons. The number of benzene rings is 2. The van der Waals surface area contributed by atoms with Crippen molar-refractivity contribution in [2.45, 2.75) is 70.4 Å². The van der Waals surface area contributed by atoms with Crippen LogP contribution in [0.5, 0.6) is 0 Å². The van der Waals surface area contributed by atoms with E-state index in [1.54, 1.807) is 10.8 Å². The summed E-state index contributed by atoms with van der Waals surface area (Å²) in [5, 5.41) is 13.5. The third-order valence-electron chi connectivity index (χ3n) is 7.92. The molecule has 10 heteroatoms. The summed E-state index contributed by atoms with van der Waals surface area (Å²) < 4.78 is 15.2. The monoisotopic (exact) mass is 598 g/mol. The van der Waals surface area contributed by atoms with E-state index < -0.39 is 32.3 Å². The van der Waals surface area contributed by atoms with Gasteiger partial charge in [-0.3, -0.25) is 14.6 Å². The molecule has 3 atom stereocenters. The topological polar surface area (TPSA) is 132 Å². The van der Waals surface area contributed by atoms with E-state index in [2.05, 4.69) is 66.8 Å². The highest BCUT2D eigenvalue weighted by molar-refractivity contribution is 6.99. The number of rotatable bonds is 8. The molecule has 0 radical (unpaired) electrons. The SMILES string of the molecule is CC(=O)CCC#Cc1cn(C2CC(O)C(CO[Si](c3ccccc3)(c3ccccc3)C(C)(C)C)O2)c2nc(N)[nH]c(=O)c12. The summed E-state index contributed by atoms with van der Waals surface area (Å²) in [7, 11) is -2.84. The lowest BCUT2D eigenvalue weighted by molar-refractivity contribution is -0.116. The number of carbonyl (C=O) groups is 1.